The largest absolute Gasteiger partial charge is 0.396 e. The van der Waals surface area contributed by atoms with Crippen molar-refractivity contribution in [2.24, 2.45) is 0 Å². The van der Waals surface area contributed by atoms with Gasteiger partial charge in [0.2, 0.25) is 0 Å². The molecule has 4 N–H and O–H groups in total. The summed E-state index contributed by atoms with van der Waals surface area (Å²) in [6.45, 7) is 3.60. The van der Waals surface area contributed by atoms with Crippen LogP contribution in [-0.2, 0) is 0 Å². The van der Waals surface area contributed by atoms with E-state index in [9.17, 15) is 5.11 Å². The van der Waals surface area contributed by atoms with Gasteiger partial charge in [0, 0.05) is 18.7 Å². The van der Waals surface area contributed by atoms with Crippen LogP contribution in [0.5, 0.6) is 0 Å². The molecule has 0 aliphatic carbocycles. The molecule has 0 aliphatic heterocycles. The van der Waals surface area contributed by atoms with Crippen molar-refractivity contribution in [1.29, 1.82) is 0 Å². The zero-order valence-corrected chi connectivity index (χ0v) is 10.3. The van der Waals surface area contributed by atoms with Crippen molar-refractivity contribution >= 4 is 22.7 Å². The molecule has 7 nitrogen and oxygen atoms in total. The highest BCUT2D eigenvalue weighted by molar-refractivity contribution is 5.84. The third-order valence-electron chi connectivity index (χ3n) is 2.64. The first-order valence-corrected chi connectivity index (χ1v) is 5.74. The quantitative estimate of drug-likeness (QED) is 0.662. The van der Waals surface area contributed by atoms with Crippen LogP contribution in [0.2, 0.25) is 0 Å². The number of aliphatic hydroxyl groups is 2. The molecule has 2 rings (SSSR count). The Labute approximate surface area is 109 Å². The predicted molar refractivity (Wildman–Crippen MR) is 71.9 cm³/mol. The zero-order chi connectivity index (χ0) is 13.8. The maximum Gasteiger partial charge on any atom is 0.170 e. The molecular formula is C12H15N5O2. The Morgan fingerprint density at radius 2 is 2.26 bits per heavy atom. The fourth-order valence-corrected chi connectivity index (χ4v) is 1.70. The minimum Gasteiger partial charge on any atom is -0.396 e. The van der Waals surface area contributed by atoms with E-state index in [0.29, 0.717) is 22.7 Å². The first-order valence-electron chi connectivity index (χ1n) is 5.74. The van der Waals surface area contributed by atoms with Crippen LogP contribution >= 0.6 is 0 Å². The minimum atomic E-state index is -0.769. The number of nitrogens with zero attached hydrogens (tertiary/aromatic N) is 4. The summed E-state index contributed by atoms with van der Waals surface area (Å²) in [6.07, 6.45) is 5.51. The number of fused-ring (bicyclic) bond motifs is 1. The van der Waals surface area contributed by atoms with E-state index in [0.717, 1.165) is 0 Å². The predicted octanol–water partition coefficient (Wildman–Crippen LogP) is 0.179. The maximum absolute atomic E-state index is 9.70. The molecule has 19 heavy (non-hydrogen) atoms. The van der Waals surface area contributed by atoms with Crippen LogP contribution in [0.25, 0.3) is 16.9 Å². The van der Waals surface area contributed by atoms with Gasteiger partial charge in [0.25, 0.3) is 0 Å². The van der Waals surface area contributed by atoms with Crippen molar-refractivity contribution in [3.05, 3.63) is 31.4 Å². The highest BCUT2D eigenvalue weighted by atomic mass is 16.3. The van der Waals surface area contributed by atoms with Crippen LogP contribution in [0.1, 0.15) is 6.42 Å². The minimum absolute atomic E-state index is 0.0954. The average Bonchev–Trinajstić information content (AvgIpc) is 2.81. The molecule has 2 heterocycles. The third-order valence-corrected chi connectivity index (χ3v) is 2.64. The Morgan fingerprint density at radius 1 is 1.47 bits per heavy atom. The molecule has 7 heteroatoms. The molecule has 0 amide bonds. The molecule has 2 aromatic heterocycles. The van der Waals surface area contributed by atoms with Gasteiger partial charge >= 0.3 is 0 Å². The smallest absolute Gasteiger partial charge is 0.170 e. The van der Waals surface area contributed by atoms with Crippen molar-refractivity contribution in [2.75, 3.05) is 12.3 Å². The van der Waals surface area contributed by atoms with Crippen molar-refractivity contribution in [3.63, 3.8) is 0 Å². The summed E-state index contributed by atoms with van der Waals surface area (Å²) in [7, 11) is 0. The Morgan fingerprint density at radius 3 is 2.95 bits per heavy atom. The molecule has 0 unspecified atom stereocenters. The number of allylic oxidation sites excluding steroid dienone is 2. The lowest BCUT2D eigenvalue weighted by atomic mass is 10.2. The van der Waals surface area contributed by atoms with Crippen LogP contribution in [0, 0.1) is 0 Å². The van der Waals surface area contributed by atoms with Gasteiger partial charge in [-0.1, -0.05) is 6.58 Å². The summed E-state index contributed by atoms with van der Waals surface area (Å²) < 4.78 is 1.65. The third kappa shape index (κ3) is 2.61. The molecule has 0 radical (unpaired) electrons. The topological polar surface area (TPSA) is 110 Å². The van der Waals surface area contributed by atoms with Crippen LogP contribution < -0.4 is 5.73 Å². The lowest BCUT2D eigenvalue weighted by molar-refractivity contribution is 0.170. The number of rotatable bonds is 5. The maximum atomic E-state index is 9.70. The molecule has 0 fully saturated rings. The second kappa shape index (κ2) is 5.59. The highest BCUT2D eigenvalue weighted by Gasteiger charge is 2.10. The van der Waals surface area contributed by atoms with Gasteiger partial charge in [-0.3, -0.25) is 4.57 Å². The second-order valence-corrected chi connectivity index (χ2v) is 3.92. The summed E-state index contributed by atoms with van der Waals surface area (Å²) in [5, 5.41) is 18.5. The molecule has 100 valence electrons. The van der Waals surface area contributed by atoms with Gasteiger partial charge in [-0.2, -0.15) is 0 Å². The number of hydrogen-bond acceptors (Lipinski definition) is 6. The van der Waals surface area contributed by atoms with Gasteiger partial charge in [-0.05, 0) is 12.2 Å². The Bertz CT molecular complexity index is 620. The van der Waals surface area contributed by atoms with Crippen LogP contribution in [-0.4, -0.2) is 42.4 Å². The number of hydrogen-bond donors (Lipinski definition) is 3. The standard InChI is InChI=1S/C12H15N5O2/c1-2-8(5-9(19)3-4-18)17-7-16-10-11(13)14-6-15-12(10)17/h2,5-7,9,18-19H,1,3-4H2,(H2,13,14,15)/b8-5-/t9-/m0/s1. The first-order chi connectivity index (χ1) is 9.17. The number of nitrogen functional groups attached to an aromatic ring is 1. The van der Waals surface area contributed by atoms with E-state index >= 15 is 0 Å². The van der Waals surface area contributed by atoms with Crippen molar-refractivity contribution < 1.29 is 10.2 Å². The van der Waals surface area contributed by atoms with Gasteiger partial charge in [0.15, 0.2) is 17.0 Å². The van der Waals surface area contributed by atoms with Gasteiger partial charge in [0.1, 0.15) is 12.7 Å². The second-order valence-electron chi connectivity index (χ2n) is 3.92. The van der Waals surface area contributed by atoms with E-state index in [1.807, 2.05) is 0 Å². The molecular weight excluding hydrogens is 246 g/mol. The van der Waals surface area contributed by atoms with E-state index in [-0.39, 0.29) is 13.0 Å². The Balaban J connectivity index is 2.47. The normalized spacial score (nSPS) is 13.7. The molecule has 0 aliphatic rings. The average molecular weight is 261 g/mol. The van der Waals surface area contributed by atoms with Crippen molar-refractivity contribution in [2.45, 2.75) is 12.5 Å². The lowest BCUT2D eigenvalue weighted by Gasteiger charge is -2.08. The molecule has 0 saturated heterocycles. The monoisotopic (exact) mass is 261 g/mol. The fraction of sp³-hybridized carbons (Fsp3) is 0.250. The number of aliphatic hydroxyl groups excluding tert-OH is 2. The summed E-state index contributed by atoms with van der Waals surface area (Å²) in [6, 6.07) is 0. The number of imidazole rings is 1. The fourth-order valence-electron chi connectivity index (χ4n) is 1.70. The summed E-state index contributed by atoms with van der Waals surface area (Å²) in [5.41, 5.74) is 7.35. The van der Waals surface area contributed by atoms with Gasteiger partial charge in [0.05, 0.1) is 6.10 Å². The van der Waals surface area contributed by atoms with E-state index in [2.05, 4.69) is 21.5 Å². The van der Waals surface area contributed by atoms with E-state index < -0.39 is 6.10 Å². The molecule has 1 atom stereocenters. The molecule has 0 saturated carbocycles. The van der Waals surface area contributed by atoms with Crippen LogP contribution in [0.3, 0.4) is 0 Å². The molecule has 0 aromatic carbocycles. The summed E-state index contributed by atoms with van der Waals surface area (Å²) in [4.78, 5) is 12.1. The highest BCUT2D eigenvalue weighted by Crippen LogP contribution is 2.19. The molecule has 0 bridgehead atoms. The Kier molecular flexibility index (Phi) is 3.88. The number of nitrogens with two attached hydrogens (primary N) is 1. The number of aromatic nitrogens is 4. The van der Waals surface area contributed by atoms with Crippen LogP contribution in [0.15, 0.2) is 31.4 Å². The summed E-state index contributed by atoms with van der Waals surface area (Å²) in [5.74, 6) is 0.295. The Hall–Kier alpha value is -2.25. The lowest BCUT2D eigenvalue weighted by Crippen LogP contribution is -2.07. The van der Waals surface area contributed by atoms with Crippen molar-refractivity contribution in [1.82, 2.24) is 19.5 Å². The van der Waals surface area contributed by atoms with Crippen molar-refractivity contribution in [3.8, 4) is 0 Å². The van der Waals surface area contributed by atoms with E-state index in [4.69, 9.17) is 10.8 Å². The summed E-state index contributed by atoms with van der Waals surface area (Å²) >= 11 is 0. The molecule has 2 aromatic rings. The van der Waals surface area contributed by atoms with Gasteiger partial charge < -0.3 is 15.9 Å². The van der Waals surface area contributed by atoms with Gasteiger partial charge in [-0.25, -0.2) is 15.0 Å². The molecule has 0 spiro atoms. The van der Waals surface area contributed by atoms with Gasteiger partial charge in [-0.15, -0.1) is 0 Å². The van der Waals surface area contributed by atoms with E-state index in [1.54, 1.807) is 16.7 Å². The SMILES string of the molecule is C=C/C(=C/[C@@H](O)CCO)n1cnc2c(N)ncnc21. The first kappa shape index (κ1) is 13.2. The van der Waals surface area contributed by atoms with E-state index in [1.165, 1.54) is 12.7 Å². The van der Waals surface area contributed by atoms with Crippen LogP contribution in [0.4, 0.5) is 5.82 Å². The zero-order valence-electron chi connectivity index (χ0n) is 10.3. The number of anilines is 1.